The minimum atomic E-state index is -0.768. The quantitative estimate of drug-likeness (QED) is 0.696. The molecule has 0 spiro atoms. The van der Waals surface area contributed by atoms with E-state index in [0.29, 0.717) is 12.5 Å². The molecule has 4 nitrogen and oxygen atoms in total. The maximum absolute atomic E-state index is 10.2. The van der Waals surface area contributed by atoms with Gasteiger partial charge in [0.1, 0.15) is 19.0 Å². The van der Waals surface area contributed by atoms with E-state index in [1.165, 1.54) is 0 Å². The fraction of sp³-hybridized carbons (Fsp3) is 0.500. The lowest BCUT2D eigenvalue weighted by Crippen LogP contribution is -2.16. The van der Waals surface area contributed by atoms with Crippen LogP contribution in [0.1, 0.15) is 13.3 Å². The Hall–Kier alpha value is -1.45. The zero-order chi connectivity index (χ0) is 10.4. The predicted octanol–water partition coefficient (Wildman–Crippen LogP) is 1.58. The molecule has 0 radical (unpaired) electrons. The van der Waals surface area contributed by atoms with Crippen LogP contribution in [0, 0.1) is 5.92 Å². The van der Waals surface area contributed by atoms with Crippen LogP contribution in [0.3, 0.4) is 0 Å². The highest BCUT2D eigenvalue weighted by atomic mass is 16.6. The van der Waals surface area contributed by atoms with Crippen molar-refractivity contribution in [3.8, 4) is 0 Å². The molecule has 78 valence electrons. The lowest BCUT2D eigenvalue weighted by Gasteiger charge is -2.12. The Kier molecular flexibility index (Phi) is 4.04. The Morgan fingerprint density at radius 3 is 3.00 bits per heavy atom. The van der Waals surface area contributed by atoms with E-state index in [1.807, 2.05) is 12.2 Å². The molecule has 4 heteroatoms. The van der Waals surface area contributed by atoms with Crippen LogP contribution in [-0.2, 0) is 9.47 Å². The minimum Gasteiger partial charge on any atom is -0.490 e. The Bertz CT molecular complexity index is 258. The molecule has 1 atom stereocenters. The summed E-state index contributed by atoms with van der Waals surface area (Å²) in [5, 5.41) is 0. The zero-order valence-corrected chi connectivity index (χ0v) is 8.23. The Balaban J connectivity index is 2.14. The van der Waals surface area contributed by atoms with Gasteiger partial charge in [0.25, 0.3) is 0 Å². The molecular weight excluding hydrogens is 182 g/mol. The topological polar surface area (TPSA) is 61.6 Å². The van der Waals surface area contributed by atoms with Gasteiger partial charge in [0, 0.05) is 0 Å². The van der Waals surface area contributed by atoms with Crippen molar-refractivity contribution in [3.63, 3.8) is 0 Å². The molecule has 0 aromatic rings. The Morgan fingerprint density at radius 1 is 1.64 bits per heavy atom. The van der Waals surface area contributed by atoms with Crippen LogP contribution in [0.2, 0.25) is 0 Å². The van der Waals surface area contributed by atoms with E-state index in [0.717, 1.165) is 12.2 Å². The van der Waals surface area contributed by atoms with Gasteiger partial charge in [-0.2, -0.15) is 0 Å². The number of carbonyl (C=O) groups excluding carboxylic acids is 1. The van der Waals surface area contributed by atoms with Gasteiger partial charge in [-0.25, -0.2) is 4.79 Å². The van der Waals surface area contributed by atoms with Crippen molar-refractivity contribution in [3.05, 3.63) is 24.0 Å². The third kappa shape index (κ3) is 3.98. The normalized spacial score (nSPS) is 20.1. The van der Waals surface area contributed by atoms with Crippen LogP contribution < -0.4 is 5.73 Å². The number of nitrogens with two attached hydrogens (primary N) is 1. The molecule has 1 unspecified atom stereocenters. The van der Waals surface area contributed by atoms with Gasteiger partial charge in [-0.1, -0.05) is 13.0 Å². The van der Waals surface area contributed by atoms with Crippen LogP contribution in [-0.4, -0.2) is 19.3 Å². The van der Waals surface area contributed by atoms with E-state index in [1.54, 1.807) is 0 Å². The Labute approximate surface area is 83.4 Å². The van der Waals surface area contributed by atoms with Crippen LogP contribution >= 0.6 is 0 Å². The molecule has 0 aliphatic heterocycles. The summed E-state index contributed by atoms with van der Waals surface area (Å²) >= 11 is 0. The number of primary amides is 1. The summed E-state index contributed by atoms with van der Waals surface area (Å²) in [6.07, 6.45) is 6.26. The number of hydrogen-bond acceptors (Lipinski definition) is 3. The maximum Gasteiger partial charge on any atom is 0.404 e. The SMILES string of the molecule is CC1C=CC(OCCOC(N)=O)=CC1. The van der Waals surface area contributed by atoms with Gasteiger partial charge in [-0.05, 0) is 24.5 Å². The summed E-state index contributed by atoms with van der Waals surface area (Å²) < 4.78 is 9.84. The molecule has 0 heterocycles. The zero-order valence-electron chi connectivity index (χ0n) is 8.23. The third-order valence-corrected chi connectivity index (χ3v) is 1.88. The van der Waals surface area contributed by atoms with Crippen LogP contribution in [0.4, 0.5) is 4.79 Å². The summed E-state index contributed by atoms with van der Waals surface area (Å²) in [5.41, 5.74) is 4.78. The molecular formula is C10H15NO3. The number of carbonyl (C=O) groups is 1. The van der Waals surface area contributed by atoms with E-state index in [9.17, 15) is 4.79 Å². The molecule has 2 N–H and O–H groups in total. The molecule has 0 saturated heterocycles. The smallest absolute Gasteiger partial charge is 0.404 e. The van der Waals surface area contributed by atoms with Gasteiger partial charge < -0.3 is 15.2 Å². The number of hydrogen-bond donors (Lipinski definition) is 1. The van der Waals surface area contributed by atoms with Gasteiger partial charge in [0.05, 0.1) is 0 Å². The van der Waals surface area contributed by atoms with Gasteiger partial charge >= 0.3 is 6.09 Å². The van der Waals surface area contributed by atoms with Crippen molar-refractivity contribution in [1.29, 1.82) is 0 Å². The second-order valence-corrected chi connectivity index (χ2v) is 3.19. The molecule has 14 heavy (non-hydrogen) atoms. The van der Waals surface area contributed by atoms with Crippen LogP contribution in [0.15, 0.2) is 24.0 Å². The molecule has 1 aliphatic carbocycles. The van der Waals surface area contributed by atoms with E-state index >= 15 is 0 Å². The van der Waals surface area contributed by atoms with Crippen molar-refractivity contribution in [1.82, 2.24) is 0 Å². The summed E-state index contributed by atoms with van der Waals surface area (Å²) in [4.78, 5) is 10.2. The average molecular weight is 197 g/mol. The summed E-state index contributed by atoms with van der Waals surface area (Å²) in [5.74, 6) is 1.40. The van der Waals surface area contributed by atoms with Gasteiger partial charge in [0.15, 0.2) is 0 Å². The second-order valence-electron chi connectivity index (χ2n) is 3.19. The lowest BCUT2D eigenvalue weighted by atomic mass is 10.0. The summed E-state index contributed by atoms with van der Waals surface area (Å²) in [7, 11) is 0. The van der Waals surface area contributed by atoms with Crippen molar-refractivity contribution < 1.29 is 14.3 Å². The summed E-state index contributed by atoms with van der Waals surface area (Å²) in [6.45, 7) is 2.67. The minimum absolute atomic E-state index is 0.191. The molecule has 0 fully saturated rings. The first kappa shape index (κ1) is 10.6. The number of ether oxygens (including phenoxy) is 2. The monoisotopic (exact) mass is 197 g/mol. The molecule has 1 rings (SSSR count). The molecule has 1 amide bonds. The standard InChI is InChI=1S/C10H15NO3/c1-8-2-4-9(5-3-8)13-6-7-14-10(11)12/h2,4-5,8H,3,6-7H2,1H3,(H2,11,12). The van der Waals surface area contributed by atoms with Crippen molar-refractivity contribution >= 4 is 6.09 Å². The van der Waals surface area contributed by atoms with Crippen molar-refractivity contribution in [2.24, 2.45) is 11.7 Å². The first-order valence-electron chi connectivity index (χ1n) is 4.62. The highest BCUT2D eigenvalue weighted by Crippen LogP contribution is 2.15. The van der Waals surface area contributed by atoms with Gasteiger partial charge in [0.2, 0.25) is 0 Å². The van der Waals surface area contributed by atoms with Crippen molar-refractivity contribution in [2.75, 3.05) is 13.2 Å². The summed E-state index contributed by atoms with van der Waals surface area (Å²) in [6, 6.07) is 0. The van der Waals surface area contributed by atoms with Gasteiger partial charge in [-0.15, -0.1) is 0 Å². The number of allylic oxidation sites excluding steroid dienone is 3. The second kappa shape index (κ2) is 5.32. The van der Waals surface area contributed by atoms with E-state index < -0.39 is 6.09 Å². The Morgan fingerprint density at radius 2 is 2.43 bits per heavy atom. The molecule has 1 aliphatic rings. The fourth-order valence-electron chi connectivity index (χ4n) is 1.12. The highest BCUT2D eigenvalue weighted by Gasteiger charge is 2.03. The average Bonchev–Trinajstić information content (AvgIpc) is 2.15. The largest absolute Gasteiger partial charge is 0.490 e. The maximum atomic E-state index is 10.2. The molecule has 0 aromatic carbocycles. The third-order valence-electron chi connectivity index (χ3n) is 1.88. The first-order chi connectivity index (χ1) is 6.68. The fourth-order valence-corrected chi connectivity index (χ4v) is 1.12. The first-order valence-corrected chi connectivity index (χ1v) is 4.62. The molecule has 0 aromatic heterocycles. The number of rotatable bonds is 4. The number of amides is 1. The van der Waals surface area contributed by atoms with E-state index in [2.05, 4.69) is 17.7 Å². The van der Waals surface area contributed by atoms with Crippen LogP contribution in [0.25, 0.3) is 0 Å². The van der Waals surface area contributed by atoms with E-state index in [-0.39, 0.29) is 6.61 Å². The molecule has 0 saturated carbocycles. The predicted molar refractivity (Wildman–Crippen MR) is 52.5 cm³/mol. The van der Waals surface area contributed by atoms with Gasteiger partial charge in [-0.3, -0.25) is 0 Å². The van der Waals surface area contributed by atoms with Crippen molar-refractivity contribution in [2.45, 2.75) is 13.3 Å². The lowest BCUT2D eigenvalue weighted by molar-refractivity contribution is 0.113. The van der Waals surface area contributed by atoms with E-state index in [4.69, 9.17) is 10.5 Å². The van der Waals surface area contributed by atoms with Crippen LogP contribution in [0.5, 0.6) is 0 Å². The highest BCUT2D eigenvalue weighted by molar-refractivity contribution is 5.64. The molecule has 0 bridgehead atoms.